The normalized spacial score (nSPS) is 9.62. The van der Waals surface area contributed by atoms with Crippen LogP contribution in [0, 0.1) is 10.1 Å². The van der Waals surface area contributed by atoms with Crippen LogP contribution in [0.2, 0.25) is 0 Å². The number of pyridine rings is 1. The van der Waals surface area contributed by atoms with E-state index in [0.29, 0.717) is 0 Å². The van der Waals surface area contributed by atoms with Gasteiger partial charge in [0.1, 0.15) is 5.56 Å². The lowest BCUT2D eigenvalue weighted by Gasteiger charge is -1.99. The smallest absolute Gasteiger partial charge is 0.321 e. The molecule has 0 saturated carbocycles. The third-order valence-electron chi connectivity index (χ3n) is 1.51. The lowest BCUT2D eigenvalue weighted by Crippen LogP contribution is -2.05. The van der Waals surface area contributed by atoms with Crippen LogP contribution in [0.5, 0.6) is 0 Å². The average molecular weight is 181 g/mol. The topological polar surface area (TPSA) is 99.1 Å². The maximum atomic E-state index is 10.9. The molecule has 0 aliphatic carbocycles. The van der Waals surface area contributed by atoms with Crippen LogP contribution in [-0.2, 0) is 0 Å². The number of aromatic nitrogens is 1. The van der Waals surface area contributed by atoms with E-state index in [1.165, 1.54) is 19.2 Å². The van der Waals surface area contributed by atoms with Crippen molar-refractivity contribution >= 4 is 17.3 Å². The Kier molecular flexibility index (Phi) is 2.23. The van der Waals surface area contributed by atoms with Gasteiger partial charge >= 0.3 is 5.69 Å². The van der Waals surface area contributed by atoms with Crippen LogP contribution in [0.25, 0.3) is 0 Å². The molecule has 0 aromatic carbocycles. The van der Waals surface area contributed by atoms with Gasteiger partial charge in [0, 0.05) is 6.20 Å². The number of nitrogen functional groups attached to an aromatic ring is 1. The first-order chi connectivity index (χ1) is 6.04. The number of carbonyl (C=O) groups is 1. The third-order valence-corrected chi connectivity index (χ3v) is 1.51. The molecule has 0 aliphatic rings. The number of anilines is 1. The molecule has 13 heavy (non-hydrogen) atoms. The van der Waals surface area contributed by atoms with E-state index in [-0.39, 0.29) is 11.4 Å². The largest absolute Gasteiger partial charge is 0.378 e. The molecule has 0 spiro atoms. The van der Waals surface area contributed by atoms with Gasteiger partial charge in [-0.05, 0) is 13.0 Å². The van der Waals surface area contributed by atoms with Gasteiger partial charge in [-0.25, -0.2) is 4.98 Å². The van der Waals surface area contributed by atoms with Crippen molar-refractivity contribution in [1.29, 1.82) is 0 Å². The zero-order valence-electron chi connectivity index (χ0n) is 6.85. The highest BCUT2D eigenvalue weighted by Gasteiger charge is 2.21. The molecule has 1 aromatic heterocycles. The molecule has 0 radical (unpaired) electrons. The molecule has 68 valence electrons. The summed E-state index contributed by atoms with van der Waals surface area (Å²) < 4.78 is 0. The summed E-state index contributed by atoms with van der Waals surface area (Å²) in [6.07, 6.45) is 1.26. The van der Waals surface area contributed by atoms with Crippen molar-refractivity contribution < 1.29 is 9.72 Å². The van der Waals surface area contributed by atoms with E-state index in [2.05, 4.69) is 4.98 Å². The maximum absolute atomic E-state index is 10.9. The fourth-order valence-electron chi connectivity index (χ4n) is 0.946. The van der Waals surface area contributed by atoms with Gasteiger partial charge in [0.25, 0.3) is 0 Å². The molecule has 6 heteroatoms. The molecule has 0 amide bonds. The van der Waals surface area contributed by atoms with Gasteiger partial charge in [-0.3, -0.25) is 14.9 Å². The van der Waals surface area contributed by atoms with Gasteiger partial charge in [0.2, 0.25) is 5.82 Å². The number of nitrogens with two attached hydrogens (primary N) is 1. The number of nitro groups is 1. The number of carbonyl (C=O) groups excluding carboxylic acids is 1. The first kappa shape index (κ1) is 9.11. The van der Waals surface area contributed by atoms with Crippen LogP contribution >= 0.6 is 0 Å². The van der Waals surface area contributed by atoms with Crippen LogP contribution in [0.3, 0.4) is 0 Å². The van der Waals surface area contributed by atoms with Gasteiger partial charge in [0.15, 0.2) is 5.78 Å². The minimum Gasteiger partial charge on any atom is -0.378 e. The van der Waals surface area contributed by atoms with E-state index < -0.39 is 16.4 Å². The summed E-state index contributed by atoms with van der Waals surface area (Å²) in [4.78, 5) is 24.2. The summed E-state index contributed by atoms with van der Waals surface area (Å²) in [5.74, 6) is -0.640. The molecule has 6 nitrogen and oxygen atoms in total. The van der Waals surface area contributed by atoms with Crippen molar-refractivity contribution in [2.45, 2.75) is 6.92 Å². The minimum absolute atomic E-state index is 0.0162. The van der Waals surface area contributed by atoms with E-state index in [0.717, 1.165) is 0 Å². The number of Topliss-reactive ketones (excluding diaryl/α,β-unsaturated/α-hetero) is 1. The number of hydrogen-bond acceptors (Lipinski definition) is 5. The van der Waals surface area contributed by atoms with Crippen molar-refractivity contribution in [2.24, 2.45) is 0 Å². The van der Waals surface area contributed by atoms with E-state index in [9.17, 15) is 14.9 Å². The SMILES string of the molecule is CC(=O)c1ccnc(N)c1[N+](=O)[O-]. The Morgan fingerprint density at radius 3 is 2.69 bits per heavy atom. The highest BCUT2D eigenvalue weighted by molar-refractivity contribution is 5.99. The second kappa shape index (κ2) is 3.18. The first-order valence-corrected chi connectivity index (χ1v) is 3.44. The number of rotatable bonds is 2. The Hall–Kier alpha value is -1.98. The van der Waals surface area contributed by atoms with Crippen molar-refractivity contribution in [3.8, 4) is 0 Å². The summed E-state index contributed by atoms with van der Waals surface area (Å²) in [7, 11) is 0. The molecular formula is C7H7N3O3. The summed E-state index contributed by atoms with van der Waals surface area (Å²) in [5.41, 5.74) is 4.82. The second-order valence-corrected chi connectivity index (χ2v) is 2.41. The summed E-state index contributed by atoms with van der Waals surface area (Å²) >= 11 is 0. The number of nitrogens with zero attached hydrogens (tertiary/aromatic N) is 2. The fourth-order valence-corrected chi connectivity index (χ4v) is 0.946. The Labute approximate surface area is 73.5 Å². The van der Waals surface area contributed by atoms with Gasteiger partial charge in [-0.1, -0.05) is 0 Å². The predicted octanol–water partition coefficient (Wildman–Crippen LogP) is 0.775. The molecular weight excluding hydrogens is 174 g/mol. The average Bonchev–Trinajstić information content (AvgIpc) is 2.02. The van der Waals surface area contributed by atoms with Crippen LogP contribution in [0.4, 0.5) is 11.5 Å². The zero-order chi connectivity index (χ0) is 10.0. The molecule has 1 heterocycles. The van der Waals surface area contributed by atoms with Crippen molar-refractivity contribution in [3.05, 3.63) is 27.9 Å². The predicted molar refractivity (Wildman–Crippen MR) is 45.3 cm³/mol. The standard InChI is InChI=1S/C7H7N3O3/c1-4(11)5-2-3-9-7(8)6(5)10(12)13/h2-3H,1H3,(H2,8,9). The van der Waals surface area contributed by atoms with E-state index in [1.54, 1.807) is 0 Å². The van der Waals surface area contributed by atoms with Crippen LogP contribution in [0.15, 0.2) is 12.3 Å². The van der Waals surface area contributed by atoms with E-state index in [4.69, 9.17) is 5.73 Å². The monoisotopic (exact) mass is 181 g/mol. The van der Waals surface area contributed by atoms with E-state index in [1.807, 2.05) is 0 Å². The zero-order valence-corrected chi connectivity index (χ0v) is 6.85. The molecule has 1 aromatic rings. The second-order valence-electron chi connectivity index (χ2n) is 2.41. The molecule has 0 unspecified atom stereocenters. The Morgan fingerprint density at radius 2 is 2.31 bits per heavy atom. The summed E-state index contributed by atoms with van der Waals surface area (Å²) in [6, 6.07) is 1.27. The lowest BCUT2D eigenvalue weighted by atomic mass is 10.1. The molecule has 2 N–H and O–H groups in total. The molecule has 0 saturated heterocycles. The minimum atomic E-state index is -0.709. The lowest BCUT2D eigenvalue weighted by molar-refractivity contribution is -0.384. The summed E-state index contributed by atoms with van der Waals surface area (Å²) in [5, 5.41) is 10.5. The number of hydrogen-bond donors (Lipinski definition) is 1. The van der Waals surface area contributed by atoms with Gasteiger partial charge in [-0.2, -0.15) is 0 Å². The maximum Gasteiger partial charge on any atom is 0.321 e. The van der Waals surface area contributed by atoms with Crippen LogP contribution < -0.4 is 5.73 Å². The third kappa shape index (κ3) is 1.61. The quantitative estimate of drug-likeness (QED) is 0.412. The molecule has 0 aliphatic heterocycles. The molecule has 0 bridgehead atoms. The summed E-state index contributed by atoms with van der Waals surface area (Å²) in [6.45, 7) is 1.24. The first-order valence-electron chi connectivity index (χ1n) is 3.44. The highest BCUT2D eigenvalue weighted by Crippen LogP contribution is 2.23. The Bertz CT molecular complexity index is 375. The van der Waals surface area contributed by atoms with Gasteiger partial charge in [-0.15, -0.1) is 0 Å². The van der Waals surface area contributed by atoms with Crippen molar-refractivity contribution in [2.75, 3.05) is 5.73 Å². The van der Waals surface area contributed by atoms with Crippen molar-refractivity contribution in [3.63, 3.8) is 0 Å². The van der Waals surface area contributed by atoms with E-state index >= 15 is 0 Å². The highest BCUT2D eigenvalue weighted by atomic mass is 16.6. The molecule has 0 atom stereocenters. The van der Waals surface area contributed by atoms with Crippen LogP contribution in [0.1, 0.15) is 17.3 Å². The Balaban J connectivity index is 3.43. The van der Waals surface area contributed by atoms with Crippen LogP contribution in [-0.4, -0.2) is 15.7 Å². The fraction of sp³-hybridized carbons (Fsp3) is 0.143. The molecule has 0 fully saturated rings. The van der Waals surface area contributed by atoms with Gasteiger partial charge in [0.05, 0.1) is 4.92 Å². The van der Waals surface area contributed by atoms with Crippen molar-refractivity contribution in [1.82, 2.24) is 4.98 Å². The van der Waals surface area contributed by atoms with Gasteiger partial charge < -0.3 is 5.73 Å². The molecule has 1 rings (SSSR count). The number of ketones is 1. The Morgan fingerprint density at radius 1 is 1.69 bits per heavy atom.